The molecule has 1 saturated carbocycles. The summed E-state index contributed by atoms with van der Waals surface area (Å²) in [4.78, 5) is 8.80. The number of anilines is 2. The summed E-state index contributed by atoms with van der Waals surface area (Å²) in [6, 6.07) is 10.3. The van der Waals surface area contributed by atoms with Crippen LogP contribution in [0.25, 0.3) is 22.2 Å². The quantitative estimate of drug-likeness (QED) is 0.434. The molecule has 4 aromatic rings. The van der Waals surface area contributed by atoms with Gasteiger partial charge in [0.25, 0.3) is 0 Å². The summed E-state index contributed by atoms with van der Waals surface area (Å²) >= 11 is 0. The van der Waals surface area contributed by atoms with E-state index in [1.54, 1.807) is 6.07 Å². The van der Waals surface area contributed by atoms with Gasteiger partial charge in [0.15, 0.2) is 0 Å². The van der Waals surface area contributed by atoms with E-state index in [2.05, 4.69) is 19.3 Å². The summed E-state index contributed by atoms with van der Waals surface area (Å²) in [7, 11) is -1.80. The van der Waals surface area contributed by atoms with Crippen molar-refractivity contribution in [3.8, 4) is 11.1 Å². The molecule has 2 aromatic carbocycles. The standard InChI is InChI=1S/C23H21F2N5OS/c24-15-4-3-7-17(11-15)32(31)29-20-9-8-14(10-19(20)25)18-12-30(16-5-1-2-6-16)23-21(18)22(26)27-13-28-23/h3-4,7-13,16,29H,1-2,5-6H2,(H2,26,27,28). The molecule has 1 aliphatic carbocycles. The third-order valence-electron chi connectivity index (χ3n) is 5.85. The predicted octanol–water partition coefficient (Wildman–Crippen LogP) is 5.21. The molecule has 2 heterocycles. The Bertz CT molecular complexity index is 1330. The SMILES string of the molecule is Nc1ncnc2c1c(-c1ccc(NS(=O)c3cccc(F)c3)c(F)c1)cn2C1CCCC1. The second-order valence-electron chi connectivity index (χ2n) is 7.87. The maximum Gasteiger partial charge on any atom is 0.150 e. The maximum absolute atomic E-state index is 15.0. The summed E-state index contributed by atoms with van der Waals surface area (Å²) < 4.78 is 45.6. The van der Waals surface area contributed by atoms with Crippen molar-refractivity contribution in [2.45, 2.75) is 36.6 Å². The van der Waals surface area contributed by atoms with Crippen LogP contribution in [-0.4, -0.2) is 18.7 Å². The first-order valence-electron chi connectivity index (χ1n) is 10.4. The average molecular weight is 454 g/mol. The van der Waals surface area contributed by atoms with Crippen LogP contribution in [0.2, 0.25) is 0 Å². The molecule has 0 spiro atoms. The fourth-order valence-electron chi connectivity index (χ4n) is 4.29. The summed E-state index contributed by atoms with van der Waals surface area (Å²) in [5.41, 5.74) is 8.35. The number of nitrogens with one attached hydrogen (secondary N) is 1. The van der Waals surface area contributed by atoms with E-state index >= 15 is 0 Å². The number of hydrogen-bond donors (Lipinski definition) is 2. The van der Waals surface area contributed by atoms with Crippen molar-refractivity contribution in [2.75, 3.05) is 10.5 Å². The minimum Gasteiger partial charge on any atom is -0.383 e. The van der Waals surface area contributed by atoms with E-state index in [0.717, 1.165) is 43.0 Å². The van der Waals surface area contributed by atoms with E-state index in [4.69, 9.17) is 5.73 Å². The van der Waals surface area contributed by atoms with Crippen LogP contribution >= 0.6 is 0 Å². The number of aromatic nitrogens is 3. The van der Waals surface area contributed by atoms with Crippen molar-refractivity contribution in [1.29, 1.82) is 0 Å². The van der Waals surface area contributed by atoms with E-state index in [1.165, 1.54) is 36.7 Å². The van der Waals surface area contributed by atoms with E-state index in [1.807, 2.05) is 6.20 Å². The number of hydrogen-bond acceptors (Lipinski definition) is 4. The van der Waals surface area contributed by atoms with Crippen LogP contribution in [0.15, 0.2) is 59.9 Å². The number of nitrogens with zero attached hydrogens (tertiary/aromatic N) is 3. The Balaban J connectivity index is 1.51. The van der Waals surface area contributed by atoms with Crippen molar-refractivity contribution in [2.24, 2.45) is 0 Å². The molecule has 32 heavy (non-hydrogen) atoms. The van der Waals surface area contributed by atoms with Gasteiger partial charge in [-0.2, -0.15) is 0 Å². The van der Waals surface area contributed by atoms with Crippen LogP contribution in [0.3, 0.4) is 0 Å². The fraction of sp³-hybridized carbons (Fsp3) is 0.217. The molecule has 0 aliphatic heterocycles. The number of fused-ring (bicyclic) bond motifs is 1. The van der Waals surface area contributed by atoms with Gasteiger partial charge in [0.05, 0.1) is 16.0 Å². The first kappa shape index (κ1) is 20.6. The van der Waals surface area contributed by atoms with Crippen LogP contribution in [0.1, 0.15) is 31.7 Å². The van der Waals surface area contributed by atoms with Crippen molar-refractivity contribution in [3.05, 3.63) is 66.6 Å². The lowest BCUT2D eigenvalue weighted by atomic mass is 10.1. The average Bonchev–Trinajstić information content (AvgIpc) is 3.43. The van der Waals surface area contributed by atoms with Gasteiger partial charge in [0.2, 0.25) is 0 Å². The molecule has 3 N–H and O–H groups in total. The number of benzene rings is 2. The van der Waals surface area contributed by atoms with Gasteiger partial charge < -0.3 is 10.3 Å². The number of halogens is 2. The Morgan fingerprint density at radius 1 is 1.09 bits per heavy atom. The highest BCUT2D eigenvalue weighted by atomic mass is 32.2. The number of nitrogen functional groups attached to an aromatic ring is 1. The Hall–Kier alpha value is -3.33. The molecule has 1 fully saturated rings. The van der Waals surface area contributed by atoms with Crippen molar-refractivity contribution in [1.82, 2.24) is 14.5 Å². The maximum atomic E-state index is 15.0. The van der Waals surface area contributed by atoms with Crippen LogP contribution in [-0.2, 0) is 11.0 Å². The zero-order chi connectivity index (χ0) is 22.2. The van der Waals surface area contributed by atoms with Crippen LogP contribution in [0.4, 0.5) is 20.3 Å². The molecule has 164 valence electrons. The largest absolute Gasteiger partial charge is 0.383 e. The number of rotatable bonds is 5. The molecular weight excluding hydrogens is 432 g/mol. The van der Waals surface area contributed by atoms with E-state index < -0.39 is 22.6 Å². The fourth-order valence-corrected chi connectivity index (χ4v) is 5.20. The van der Waals surface area contributed by atoms with Crippen LogP contribution in [0.5, 0.6) is 0 Å². The highest BCUT2D eigenvalue weighted by Gasteiger charge is 2.23. The highest BCUT2D eigenvalue weighted by Crippen LogP contribution is 2.39. The second-order valence-corrected chi connectivity index (χ2v) is 9.08. The summed E-state index contributed by atoms with van der Waals surface area (Å²) in [5.74, 6) is -0.743. The van der Waals surface area contributed by atoms with E-state index in [9.17, 15) is 13.0 Å². The van der Waals surface area contributed by atoms with Crippen LogP contribution < -0.4 is 10.5 Å². The van der Waals surface area contributed by atoms with Crippen molar-refractivity contribution < 1.29 is 13.0 Å². The third-order valence-corrected chi connectivity index (χ3v) is 6.94. The Morgan fingerprint density at radius 3 is 2.66 bits per heavy atom. The molecule has 9 heteroatoms. The van der Waals surface area contributed by atoms with Gasteiger partial charge >= 0.3 is 0 Å². The summed E-state index contributed by atoms with van der Waals surface area (Å²) in [6.45, 7) is 0. The van der Waals surface area contributed by atoms with Gasteiger partial charge in [-0.15, -0.1) is 0 Å². The Labute approximate surface area is 186 Å². The van der Waals surface area contributed by atoms with Crippen LogP contribution in [0, 0.1) is 11.6 Å². The Kier molecular flexibility index (Phi) is 5.34. The highest BCUT2D eigenvalue weighted by molar-refractivity contribution is 7.86. The lowest BCUT2D eigenvalue weighted by Gasteiger charge is -2.12. The molecule has 6 nitrogen and oxygen atoms in total. The first-order chi connectivity index (χ1) is 15.5. The Morgan fingerprint density at radius 2 is 1.91 bits per heavy atom. The van der Waals surface area contributed by atoms with Gasteiger partial charge in [-0.25, -0.2) is 23.0 Å². The van der Waals surface area contributed by atoms with Crippen molar-refractivity contribution >= 4 is 33.5 Å². The molecule has 1 aliphatic rings. The van der Waals surface area contributed by atoms with E-state index in [0.29, 0.717) is 22.8 Å². The second kappa shape index (κ2) is 8.31. The van der Waals surface area contributed by atoms with Gasteiger partial charge in [-0.3, -0.25) is 4.72 Å². The predicted molar refractivity (Wildman–Crippen MR) is 121 cm³/mol. The third kappa shape index (κ3) is 3.73. The minimum absolute atomic E-state index is 0.0556. The first-order valence-corrected chi connectivity index (χ1v) is 11.5. The van der Waals surface area contributed by atoms with Gasteiger partial charge in [0.1, 0.15) is 40.4 Å². The topological polar surface area (TPSA) is 85.8 Å². The zero-order valence-corrected chi connectivity index (χ0v) is 17.9. The molecule has 2 aromatic heterocycles. The number of nitrogens with two attached hydrogens (primary N) is 1. The molecule has 0 bridgehead atoms. The molecule has 0 amide bonds. The molecule has 1 atom stereocenters. The normalized spacial score (nSPS) is 15.3. The minimum atomic E-state index is -1.80. The molecule has 0 saturated heterocycles. The molecular formula is C23H21F2N5OS. The lowest BCUT2D eigenvalue weighted by molar-refractivity contribution is 0.532. The molecule has 0 radical (unpaired) electrons. The van der Waals surface area contributed by atoms with Gasteiger partial charge in [-0.1, -0.05) is 25.0 Å². The monoisotopic (exact) mass is 453 g/mol. The lowest BCUT2D eigenvalue weighted by Crippen LogP contribution is -2.06. The van der Waals surface area contributed by atoms with Crippen molar-refractivity contribution in [3.63, 3.8) is 0 Å². The van der Waals surface area contributed by atoms with E-state index in [-0.39, 0.29) is 10.6 Å². The summed E-state index contributed by atoms with van der Waals surface area (Å²) in [5, 5.41) is 0.697. The van der Waals surface area contributed by atoms with Gasteiger partial charge in [-0.05, 0) is 48.7 Å². The smallest absolute Gasteiger partial charge is 0.150 e. The van der Waals surface area contributed by atoms with Gasteiger partial charge in [0, 0.05) is 17.8 Å². The zero-order valence-electron chi connectivity index (χ0n) is 17.1. The molecule has 1 unspecified atom stereocenters. The molecule has 5 rings (SSSR count). The summed E-state index contributed by atoms with van der Waals surface area (Å²) in [6.07, 6.45) is 7.88.